The minimum atomic E-state index is -0.892. The van der Waals surface area contributed by atoms with Gasteiger partial charge >= 0.3 is 5.97 Å². The van der Waals surface area contributed by atoms with Crippen molar-refractivity contribution in [1.29, 1.82) is 5.26 Å². The average Bonchev–Trinajstić information content (AvgIpc) is 2.84. The van der Waals surface area contributed by atoms with Crippen LogP contribution in [0, 0.1) is 11.3 Å². The van der Waals surface area contributed by atoms with E-state index in [9.17, 15) is 15.2 Å². The molecule has 0 aromatic carbocycles. The average molecular weight is 285 g/mol. The summed E-state index contributed by atoms with van der Waals surface area (Å²) in [5.41, 5.74) is 2.29. The van der Waals surface area contributed by atoms with Gasteiger partial charge in [-0.25, -0.2) is 0 Å². The number of pyridine rings is 1. The monoisotopic (exact) mass is 285 g/mol. The summed E-state index contributed by atoms with van der Waals surface area (Å²) in [5, 5.41) is 18.6. The molecule has 0 aliphatic carbocycles. The lowest BCUT2D eigenvalue weighted by atomic mass is 10.1. The number of carboxylic acids is 1. The van der Waals surface area contributed by atoms with E-state index in [-0.39, 0.29) is 6.61 Å². The predicted octanol–water partition coefficient (Wildman–Crippen LogP) is 1.10. The van der Waals surface area contributed by atoms with Crippen LogP contribution in [0.5, 0.6) is 0 Å². The summed E-state index contributed by atoms with van der Waals surface area (Å²) in [4.78, 5) is 13.1. The van der Waals surface area contributed by atoms with E-state index in [0.717, 1.165) is 11.1 Å². The number of ether oxygens (including phenoxy) is 1. The molecule has 1 fully saturated rings. The second-order valence-electron chi connectivity index (χ2n) is 5.03. The lowest BCUT2D eigenvalue weighted by Gasteiger charge is -2.32. The topological polar surface area (TPSA) is 78.0 Å². The van der Waals surface area contributed by atoms with E-state index in [4.69, 9.17) is 4.74 Å². The number of hydrogen-bond donors (Lipinski definition) is 1. The number of carboxylic acid groups (broad SMARTS) is 1. The van der Waals surface area contributed by atoms with Crippen LogP contribution in [-0.2, 0) is 16.1 Å². The van der Waals surface area contributed by atoms with Crippen LogP contribution in [0.3, 0.4) is 0 Å². The smallest absolute Gasteiger partial charge is 0.323 e. The summed E-state index contributed by atoms with van der Waals surface area (Å²) < 4.78 is 7.13. The van der Waals surface area contributed by atoms with Crippen LogP contribution in [-0.4, -0.2) is 46.2 Å². The third kappa shape index (κ3) is 2.49. The van der Waals surface area contributed by atoms with Crippen LogP contribution < -0.4 is 0 Å². The molecule has 0 radical (unpaired) electrons. The van der Waals surface area contributed by atoms with Crippen molar-refractivity contribution in [2.24, 2.45) is 0 Å². The standard InChI is InChI=1S/C15H15N3O3/c16-7-12-11(8-17-4-2-1-3-13(12)17)9-18-5-6-21-10-14(18)15(19)20/h1-4,8,14H,5-6,9-10H2,(H,19,20). The van der Waals surface area contributed by atoms with E-state index in [1.807, 2.05) is 39.9 Å². The van der Waals surface area contributed by atoms with Gasteiger partial charge in [-0.2, -0.15) is 5.26 Å². The van der Waals surface area contributed by atoms with Crippen molar-refractivity contribution in [3.63, 3.8) is 0 Å². The van der Waals surface area contributed by atoms with Gasteiger partial charge < -0.3 is 14.2 Å². The van der Waals surface area contributed by atoms with E-state index in [1.165, 1.54) is 0 Å². The third-order valence-electron chi connectivity index (χ3n) is 3.77. The zero-order valence-electron chi connectivity index (χ0n) is 11.4. The molecule has 108 valence electrons. The summed E-state index contributed by atoms with van der Waals surface area (Å²) in [7, 11) is 0. The van der Waals surface area contributed by atoms with E-state index in [1.54, 1.807) is 0 Å². The number of morpholine rings is 1. The molecule has 0 spiro atoms. The maximum absolute atomic E-state index is 11.3. The molecule has 1 unspecified atom stereocenters. The van der Waals surface area contributed by atoms with Gasteiger partial charge in [-0.3, -0.25) is 9.69 Å². The van der Waals surface area contributed by atoms with Crippen molar-refractivity contribution in [2.75, 3.05) is 19.8 Å². The molecule has 6 heteroatoms. The zero-order valence-corrected chi connectivity index (χ0v) is 11.4. The minimum absolute atomic E-state index is 0.185. The molecule has 3 rings (SSSR count). The second-order valence-corrected chi connectivity index (χ2v) is 5.03. The van der Waals surface area contributed by atoms with Gasteiger partial charge in [0.15, 0.2) is 0 Å². The third-order valence-corrected chi connectivity index (χ3v) is 3.77. The van der Waals surface area contributed by atoms with Crippen LogP contribution in [0.15, 0.2) is 30.6 Å². The van der Waals surface area contributed by atoms with Crippen molar-refractivity contribution in [2.45, 2.75) is 12.6 Å². The van der Waals surface area contributed by atoms with Crippen LogP contribution >= 0.6 is 0 Å². The molecular weight excluding hydrogens is 270 g/mol. The van der Waals surface area contributed by atoms with Gasteiger partial charge in [0, 0.05) is 31.0 Å². The summed E-state index contributed by atoms with van der Waals surface area (Å²) in [6.45, 7) is 1.68. The van der Waals surface area contributed by atoms with Crippen molar-refractivity contribution in [3.05, 3.63) is 41.7 Å². The Labute approximate surface area is 121 Å². The maximum Gasteiger partial charge on any atom is 0.323 e. The Morgan fingerprint density at radius 1 is 1.52 bits per heavy atom. The van der Waals surface area contributed by atoms with Crippen molar-refractivity contribution < 1.29 is 14.6 Å². The number of nitrogens with zero attached hydrogens (tertiary/aromatic N) is 3. The van der Waals surface area contributed by atoms with Crippen LogP contribution in [0.2, 0.25) is 0 Å². The van der Waals surface area contributed by atoms with E-state index < -0.39 is 12.0 Å². The SMILES string of the molecule is N#Cc1c(CN2CCOCC2C(=O)O)cn2ccccc12. The molecule has 0 bridgehead atoms. The van der Waals surface area contributed by atoms with Gasteiger partial charge in [-0.05, 0) is 12.1 Å². The lowest BCUT2D eigenvalue weighted by Crippen LogP contribution is -2.49. The van der Waals surface area contributed by atoms with E-state index in [2.05, 4.69) is 6.07 Å². The first-order chi connectivity index (χ1) is 10.2. The summed E-state index contributed by atoms with van der Waals surface area (Å²) in [5.74, 6) is -0.892. The van der Waals surface area contributed by atoms with Crippen LogP contribution in [0.1, 0.15) is 11.1 Å². The number of nitriles is 1. The molecule has 1 atom stereocenters. The molecule has 1 N–H and O–H groups in total. The fourth-order valence-corrected chi connectivity index (χ4v) is 2.70. The Hall–Kier alpha value is -2.36. The predicted molar refractivity (Wildman–Crippen MR) is 74.8 cm³/mol. The molecule has 2 aromatic rings. The first-order valence-corrected chi connectivity index (χ1v) is 6.74. The van der Waals surface area contributed by atoms with Gasteiger partial charge in [0.25, 0.3) is 0 Å². The highest BCUT2D eigenvalue weighted by molar-refractivity contribution is 5.74. The molecule has 1 saturated heterocycles. The largest absolute Gasteiger partial charge is 0.480 e. The molecule has 1 aliphatic heterocycles. The van der Waals surface area contributed by atoms with Gasteiger partial charge in [0.2, 0.25) is 0 Å². The van der Waals surface area contributed by atoms with Gasteiger partial charge in [-0.15, -0.1) is 0 Å². The molecule has 21 heavy (non-hydrogen) atoms. The molecule has 2 aromatic heterocycles. The Kier molecular flexibility index (Phi) is 3.60. The van der Waals surface area contributed by atoms with Gasteiger partial charge in [0.05, 0.1) is 24.3 Å². The van der Waals surface area contributed by atoms with Crippen molar-refractivity contribution in [1.82, 2.24) is 9.30 Å². The maximum atomic E-state index is 11.3. The first-order valence-electron chi connectivity index (χ1n) is 6.74. The zero-order chi connectivity index (χ0) is 14.8. The molecular formula is C15H15N3O3. The fourth-order valence-electron chi connectivity index (χ4n) is 2.70. The Morgan fingerprint density at radius 2 is 2.38 bits per heavy atom. The van der Waals surface area contributed by atoms with E-state index >= 15 is 0 Å². The van der Waals surface area contributed by atoms with Crippen molar-refractivity contribution in [3.8, 4) is 6.07 Å². The molecule has 1 aliphatic rings. The number of carbonyl (C=O) groups is 1. The number of aliphatic carboxylic acids is 1. The van der Waals surface area contributed by atoms with E-state index in [0.29, 0.717) is 25.3 Å². The molecule has 0 amide bonds. The normalized spacial score (nSPS) is 19.5. The fraction of sp³-hybridized carbons (Fsp3) is 0.333. The number of fused-ring (bicyclic) bond motifs is 1. The summed E-state index contributed by atoms with van der Waals surface area (Å²) in [6, 6.07) is 7.23. The highest BCUT2D eigenvalue weighted by Gasteiger charge is 2.30. The Bertz CT molecular complexity index is 717. The first kappa shape index (κ1) is 13.6. The van der Waals surface area contributed by atoms with Crippen molar-refractivity contribution >= 4 is 11.5 Å². The highest BCUT2D eigenvalue weighted by atomic mass is 16.5. The second kappa shape index (κ2) is 5.56. The van der Waals surface area contributed by atoms with Gasteiger partial charge in [0.1, 0.15) is 12.1 Å². The highest BCUT2D eigenvalue weighted by Crippen LogP contribution is 2.21. The minimum Gasteiger partial charge on any atom is -0.480 e. The quantitative estimate of drug-likeness (QED) is 0.913. The number of hydrogen-bond acceptors (Lipinski definition) is 4. The van der Waals surface area contributed by atoms with Crippen LogP contribution in [0.25, 0.3) is 5.52 Å². The Morgan fingerprint density at radius 3 is 3.14 bits per heavy atom. The Balaban J connectivity index is 1.94. The van der Waals surface area contributed by atoms with Crippen LogP contribution in [0.4, 0.5) is 0 Å². The molecule has 3 heterocycles. The van der Waals surface area contributed by atoms with Gasteiger partial charge in [-0.1, -0.05) is 6.07 Å². The summed E-state index contributed by atoms with van der Waals surface area (Å²) in [6.07, 6.45) is 3.77. The number of rotatable bonds is 3. The molecule has 0 saturated carbocycles. The lowest BCUT2D eigenvalue weighted by molar-refractivity contribution is -0.150. The summed E-state index contributed by atoms with van der Waals surface area (Å²) >= 11 is 0. The number of aromatic nitrogens is 1. The molecule has 6 nitrogen and oxygen atoms in total.